The quantitative estimate of drug-likeness (QED) is 0.416. The molecular formula is C12H23NO4Si. The summed E-state index contributed by atoms with van der Waals surface area (Å²) in [7, 11) is 0.256. The van der Waals surface area contributed by atoms with Crippen molar-refractivity contribution < 1.29 is 19.1 Å². The van der Waals surface area contributed by atoms with E-state index in [1.165, 1.54) is 7.11 Å². The monoisotopic (exact) mass is 273 g/mol. The van der Waals surface area contributed by atoms with Crippen molar-refractivity contribution in [3.63, 3.8) is 0 Å². The van der Waals surface area contributed by atoms with Crippen molar-refractivity contribution in [2.24, 2.45) is 5.92 Å². The number of hydrogen-bond acceptors (Lipinski definition) is 4. The van der Waals surface area contributed by atoms with E-state index in [1.54, 1.807) is 4.90 Å². The van der Waals surface area contributed by atoms with Crippen molar-refractivity contribution in [2.45, 2.75) is 32.1 Å². The minimum atomic E-state index is -1.09. The molecule has 1 aliphatic rings. The molecule has 0 saturated carbocycles. The standard InChI is InChI=1S/C12H23NO4Si/c1-16-12(15)10-7-11(14)13(8-10)9-17-5-6-18(2,3)4/h10H,5-9H2,1-4H3. The van der Waals surface area contributed by atoms with Gasteiger partial charge in [0.05, 0.1) is 13.0 Å². The average Bonchev–Trinajstić information content (AvgIpc) is 2.64. The Morgan fingerprint density at radius 1 is 1.44 bits per heavy atom. The highest BCUT2D eigenvalue weighted by Gasteiger charge is 2.34. The fraction of sp³-hybridized carbons (Fsp3) is 0.833. The third-order valence-corrected chi connectivity index (χ3v) is 4.70. The van der Waals surface area contributed by atoms with Crippen LogP contribution in [0.2, 0.25) is 25.7 Å². The van der Waals surface area contributed by atoms with Crippen LogP contribution >= 0.6 is 0 Å². The van der Waals surface area contributed by atoms with E-state index in [1.807, 2.05) is 0 Å². The molecule has 0 N–H and O–H groups in total. The Bertz CT molecular complexity index is 314. The summed E-state index contributed by atoms with van der Waals surface area (Å²) in [6.45, 7) is 8.23. The fourth-order valence-corrected chi connectivity index (χ4v) is 2.53. The second-order valence-electron chi connectivity index (χ2n) is 5.89. The van der Waals surface area contributed by atoms with Gasteiger partial charge in [-0.05, 0) is 6.04 Å². The molecule has 1 rings (SSSR count). The van der Waals surface area contributed by atoms with Crippen LogP contribution in [0.1, 0.15) is 6.42 Å². The SMILES string of the molecule is COC(=O)C1CC(=O)N(COCC[Si](C)(C)C)C1. The smallest absolute Gasteiger partial charge is 0.310 e. The first kappa shape index (κ1) is 15.2. The Balaban J connectivity index is 2.27. The predicted molar refractivity (Wildman–Crippen MR) is 70.8 cm³/mol. The highest BCUT2D eigenvalue weighted by Crippen LogP contribution is 2.19. The third kappa shape index (κ3) is 4.78. The molecule has 5 nitrogen and oxygen atoms in total. The van der Waals surface area contributed by atoms with Crippen molar-refractivity contribution in [1.82, 2.24) is 4.90 Å². The largest absolute Gasteiger partial charge is 0.469 e. The van der Waals surface area contributed by atoms with Crippen LogP contribution in [0.3, 0.4) is 0 Å². The number of carbonyl (C=O) groups is 2. The number of nitrogens with zero attached hydrogens (tertiary/aromatic N) is 1. The summed E-state index contributed by atoms with van der Waals surface area (Å²) in [5.74, 6) is -0.672. The Morgan fingerprint density at radius 2 is 2.11 bits per heavy atom. The van der Waals surface area contributed by atoms with Gasteiger partial charge in [0.1, 0.15) is 6.73 Å². The van der Waals surface area contributed by atoms with Gasteiger partial charge in [-0.2, -0.15) is 0 Å². The number of ether oxygens (including phenoxy) is 2. The molecule has 1 atom stereocenters. The van der Waals surface area contributed by atoms with Crippen molar-refractivity contribution >= 4 is 20.0 Å². The lowest BCUT2D eigenvalue weighted by Crippen LogP contribution is -2.30. The molecule has 1 unspecified atom stereocenters. The first-order valence-corrected chi connectivity index (χ1v) is 9.97. The van der Waals surface area contributed by atoms with Crippen LogP contribution in [0, 0.1) is 5.92 Å². The minimum Gasteiger partial charge on any atom is -0.469 e. The molecule has 0 aromatic heterocycles. The predicted octanol–water partition coefficient (Wildman–Crippen LogP) is 1.32. The lowest BCUT2D eigenvalue weighted by molar-refractivity contribution is -0.145. The summed E-state index contributed by atoms with van der Waals surface area (Å²) in [6.07, 6.45) is 0.240. The molecule has 1 fully saturated rings. The summed E-state index contributed by atoms with van der Waals surface area (Å²) in [4.78, 5) is 24.6. The molecular weight excluding hydrogens is 250 g/mol. The Labute approximate surface area is 109 Å². The van der Waals surface area contributed by atoms with Gasteiger partial charge in [-0.15, -0.1) is 0 Å². The second kappa shape index (κ2) is 6.33. The zero-order chi connectivity index (χ0) is 13.8. The minimum absolute atomic E-state index is 0.0293. The first-order chi connectivity index (χ1) is 8.33. The number of esters is 1. The van der Waals surface area contributed by atoms with E-state index in [-0.39, 0.29) is 30.9 Å². The molecule has 0 aromatic carbocycles. The number of rotatable bonds is 6. The van der Waals surface area contributed by atoms with Crippen LogP contribution in [-0.4, -0.2) is 51.8 Å². The molecule has 0 aromatic rings. The third-order valence-electron chi connectivity index (χ3n) is 2.99. The molecule has 6 heteroatoms. The zero-order valence-electron chi connectivity index (χ0n) is 11.7. The Kier molecular flexibility index (Phi) is 5.34. The van der Waals surface area contributed by atoms with Gasteiger partial charge in [-0.3, -0.25) is 9.59 Å². The Hall–Kier alpha value is -0.883. The number of amides is 1. The van der Waals surface area contributed by atoms with Gasteiger partial charge in [0.25, 0.3) is 0 Å². The lowest BCUT2D eigenvalue weighted by Gasteiger charge is -2.19. The highest BCUT2D eigenvalue weighted by atomic mass is 28.3. The molecule has 104 valence electrons. The topological polar surface area (TPSA) is 55.8 Å². The molecule has 18 heavy (non-hydrogen) atoms. The number of methoxy groups -OCH3 is 1. The highest BCUT2D eigenvalue weighted by molar-refractivity contribution is 6.76. The van der Waals surface area contributed by atoms with E-state index < -0.39 is 8.07 Å². The van der Waals surface area contributed by atoms with E-state index in [0.29, 0.717) is 13.2 Å². The molecule has 0 spiro atoms. The maximum atomic E-state index is 11.6. The lowest BCUT2D eigenvalue weighted by atomic mass is 10.1. The summed E-state index contributed by atoms with van der Waals surface area (Å²) < 4.78 is 10.2. The van der Waals surface area contributed by atoms with Gasteiger partial charge in [0.15, 0.2) is 0 Å². The maximum absolute atomic E-state index is 11.6. The molecule has 0 radical (unpaired) electrons. The van der Waals surface area contributed by atoms with E-state index in [0.717, 1.165) is 6.04 Å². The van der Waals surface area contributed by atoms with Gasteiger partial charge >= 0.3 is 5.97 Å². The first-order valence-electron chi connectivity index (χ1n) is 6.27. The second-order valence-corrected chi connectivity index (χ2v) is 11.5. The fourth-order valence-electron chi connectivity index (χ4n) is 1.77. The molecule has 1 saturated heterocycles. The van der Waals surface area contributed by atoms with Gasteiger partial charge in [-0.25, -0.2) is 0 Å². The summed E-state index contributed by atoms with van der Waals surface area (Å²) in [6, 6.07) is 1.08. The summed E-state index contributed by atoms with van der Waals surface area (Å²) in [5.41, 5.74) is 0. The van der Waals surface area contributed by atoms with Crippen molar-refractivity contribution in [1.29, 1.82) is 0 Å². The van der Waals surface area contributed by atoms with E-state index in [4.69, 9.17) is 4.74 Å². The summed E-state index contributed by atoms with van der Waals surface area (Å²) in [5, 5.41) is 0. The van der Waals surface area contributed by atoms with Crippen LogP contribution in [0.4, 0.5) is 0 Å². The van der Waals surface area contributed by atoms with Crippen LogP contribution in [0.5, 0.6) is 0 Å². The molecule has 1 aliphatic heterocycles. The number of hydrogen-bond donors (Lipinski definition) is 0. The Morgan fingerprint density at radius 3 is 2.67 bits per heavy atom. The maximum Gasteiger partial charge on any atom is 0.310 e. The van der Waals surface area contributed by atoms with Crippen molar-refractivity contribution in [3.8, 4) is 0 Å². The van der Waals surface area contributed by atoms with Crippen molar-refractivity contribution in [2.75, 3.05) is 27.0 Å². The van der Waals surface area contributed by atoms with Gasteiger partial charge in [0, 0.05) is 27.6 Å². The van der Waals surface area contributed by atoms with Crippen LogP contribution < -0.4 is 0 Å². The molecule has 1 amide bonds. The number of carbonyl (C=O) groups excluding carboxylic acids is 2. The van der Waals surface area contributed by atoms with Crippen LogP contribution in [-0.2, 0) is 19.1 Å². The van der Waals surface area contributed by atoms with Gasteiger partial charge in [-0.1, -0.05) is 19.6 Å². The van der Waals surface area contributed by atoms with E-state index in [9.17, 15) is 9.59 Å². The summed E-state index contributed by atoms with van der Waals surface area (Å²) >= 11 is 0. The molecule has 0 bridgehead atoms. The van der Waals surface area contributed by atoms with E-state index >= 15 is 0 Å². The normalized spacial score (nSPS) is 20.3. The van der Waals surface area contributed by atoms with Gasteiger partial charge in [0.2, 0.25) is 5.91 Å². The van der Waals surface area contributed by atoms with E-state index in [2.05, 4.69) is 24.4 Å². The van der Waals surface area contributed by atoms with Crippen LogP contribution in [0.25, 0.3) is 0 Å². The van der Waals surface area contributed by atoms with Crippen LogP contribution in [0.15, 0.2) is 0 Å². The number of likely N-dealkylation sites (tertiary alicyclic amines) is 1. The van der Waals surface area contributed by atoms with Gasteiger partial charge < -0.3 is 14.4 Å². The zero-order valence-corrected chi connectivity index (χ0v) is 12.7. The molecule has 0 aliphatic carbocycles. The van der Waals surface area contributed by atoms with Crippen molar-refractivity contribution in [3.05, 3.63) is 0 Å². The average molecular weight is 273 g/mol. The molecule has 1 heterocycles.